The maximum Gasteiger partial charge on any atom is 0.224 e. The van der Waals surface area contributed by atoms with Gasteiger partial charge in [0.2, 0.25) is 5.51 Å². The molecule has 8 heteroatoms. The van der Waals surface area contributed by atoms with Crippen LogP contribution in [0.2, 0.25) is 0 Å². The van der Waals surface area contributed by atoms with Gasteiger partial charge in [-0.2, -0.15) is 4.57 Å². The highest BCUT2D eigenvalue weighted by Crippen LogP contribution is 2.25. The Bertz CT molecular complexity index is 1040. The summed E-state index contributed by atoms with van der Waals surface area (Å²) in [6, 6.07) is 5.78. The van der Waals surface area contributed by atoms with Crippen molar-refractivity contribution in [2.75, 3.05) is 19.8 Å². The van der Waals surface area contributed by atoms with E-state index in [0.717, 1.165) is 31.3 Å². The fourth-order valence-corrected chi connectivity index (χ4v) is 6.98. The van der Waals surface area contributed by atoms with Gasteiger partial charge in [-0.15, -0.1) is 0 Å². The third-order valence-electron chi connectivity index (χ3n) is 8.73. The molecule has 0 spiro atoms. The lowest BCUT2D eigenvalue weighted by atomic mass is 9.97. The van der Waals surface area contributed by atoms with Gasteiger partial charge in [0.25, 0.3) is 0 Å². The first-order valence-corrected chi connectivity index (χ1v) is 20.4. The summed E-state index contributed by atoms with van der Waals surface area (Å²) in [6.07, 6.45) is 30.2. The number of hydrogen-bond donors (Lipinski definition) is 0. The summed E-state index contributed by atoms with van der Waals surface area (Å²) in [5, 5.41) is 2.15. The first-order valence-electron chi connectivity index (χ1n) is 18.0. The van der Waals surface area contributed by atoms with Crippen molar-refractivity contribution in [3.63, 3.8) is 0 Å². The summed E-state index contributed by atoms with van der Waals surface area (Å²) in [5.74, 6) is 0.780. The van der Waals surface area contributed by atoms with Crippen molar-refractivity contribution < 1.29 is 27.0 Å². The topological polar surface area (TPSA) is 79.5 Å². The van der Waals surface area contributed by atoms with Crippen molar-refractivity contribution >= 4 is 21.5 Å². The van der Waals surface area contributed by atoms with Crippen molar-refractivity contribution in [3.05, 3.63) is 46.9 Å². The predicted molar refractivity (Wildman–Crippen MR) is 186 cm³/mol. The average molecular weight is 666 g/mol. The molecule has 0 amide bonds. The standard InChI is InChI=1S/C30H56NO2S.C7H8O3S/c1-2-3-4-5-6-7-8-9-10-11-12-14-17-20-29-25-30(33-26-29)27-32-23-19-16-13-15-18-21-31-22-24-34-28-31;1-6-2-4-7(5-3-6)11(8,9)10/h22,24,28-30H,2-21,23,25-27H2,1H3;2-5H,1H3,(H,8,9,10)/q+1;/p-1. The van der Waals surface area contributed by atoms with Crippen LogP contribution in [0.25, 0.3) is 0 Å². The molecule has 0 bridgehead atoms. The van der Waals surface area contributed by atoms with E-state index in [9.17, 15) is 13.0 Å². The molecule has 0 N–H and O–H groups in total. The molecule has 2 atom stereocenters. The predicted octanol–water partition coefficient (Wildman–Crippen LogP) is 9.79. The van der Waals surface area contributed by atoms with Crippen molar-refractivity contribution in [1.29, 1.82) is 0 Å². The van der Waals surface area contributed by atoms with Crippen molar-refractivity contribution in [2.24, 2.45) is 5.92 Å². The van der Waals surface area contributed by atoms with Crippen LogP contribution in [0, 0.1) is 12.8 Å². The Morgan fingerprint density at radius 1 is 0.844 bits per heavy atom. The molecule has 6 nitrogen and oxygen atoms in total. The van der Waals surface area contributed by atoms with E-state index < -0.39 is 10.1 Å². The van der Waals surface area contributed by atoms with Gasteiger partial charge in [0.1, 0.15) is 16.7 Å². The van der Waals surface area contributed by atoms with Gasteiger partial charge in [-0.25, -0.2) is 8.42 Å². The zero-order valence-electron chi connectivity index (χ0n) is 28.5. The number of ether oxygens (including phenoxy) is 2. The molecule has 1 aliphatic heterocycles. The van der Waals surface area contributed by atoms with Crippen LogP contribution < -0.4 is 4.57 Å². The van der Waals surface area contributed by atoms with E-state index in [1.807, 2.05) is 6.92 Å². The minimum atomic E-state index is -4.27. The summed E-state index contributed by atoms with van der Waals surface area (Å²) >= 11 is 1.77. The fourth-order valence-electron chi connectivity index (χ4n) is 5.89. The second-order valence-corrected chi connectivity index (χ2v) is 15.1. The Kier molecular flexibility index (Phi) is 22.8. The minimum absolute atomic E-state index is 0.178. The zero-order chi connectivity index (χ0) is 32.4. The molecular formula is C37H63NO5S2. The fraction of sp³-hybridized carbons (Fsp3) is 0.757. The number of benzene rings is 1. The molecule has 1 fully saturated rings. The molecule has 0 aliphatic carbocycles. The molecule has 2 heterocycles. The molecule has 2 unspecified atom stereocenters. The first kappa shape index (κ1) is 39.9. The van der Waals surface area contributed by atoms with Crippen LogP contribution >= 0.6 is 11.3 Å². The number of unbranched alkanes of at least 4 members (excludes halogenated alkanes) is 16. The van der Waals surface area contributed by atoms with Crippen LogP contribution in [0.15, 0.2) is 46.2 Å². The van der Waals surface area contributed by atoms with E-state index in [1.165, 1.54) is 147 Å². The van der Waals surface area contributed by atoms with Crippen LogP contribution in [-0.4, -0.2) is 38.9 Å². The number of nitrogens with zero attached hydrogens (tertiary/aromatic N) is 1. The van der Waals surface area contributed by atoms with Crippen LogP contribution in [0.5, 0.6) is 0 Å². The van der Waals surface area contributed by atoms with Gasteiger partial charge >= 0.3 is 0 Å². The van der Waals surface area contributed by atoms with Crippen LogP contribution in [0.1, 0.15) is 141 Å². The lowest BCUT2D eigenvalue weighted by Crippen LogP contribution is -2.29. The lowest BCUT2D eigenvalue weighted by Gasteiger charge is -2.10. The van der Waals surface area contributed by atoms with Crippen LogP contribution in [0.4, 0.5) is 0 Å². The molecule has 1 aromatic carbocycles. The average Bonchev–Trinajstić information content (AvgIpc) is 3.71. The van der Waals surface area contributed by atoms with Gasteiger partial charge < -0.3 is 14.0 Å². The van der Waals surface area contributed by atoms with E-state index in [4.69, 9.17) is 9.47 Å². The third kappa shape index (κ3) is 21.2. The Hall–Kier alpha value is -1.32. The van der Waals surface area contributed by atoms with Crippen molar-refractivity contribution in [1.82, 2.24) is 0 Å². The highest BCUT2D eigenvalue weighted by atomic mass is 32.2. The Balaban J connectivity index is 0.000000537. The van der Waals surface area contributed by atoms with Gasteiger partial charge in [0.15, 0.2) is 6.20 Å². The SMILES string of the molecule is CCCCCCCCCCCCCCCC1COC(COCCCCCCC[n+]2ccsc2)C1.Cc1ccc(S(=O)(=O)[O-])cc1. The molecule has 0 saturated carbocycles. The summed E-state index contributed by atoms with van der Waals surface area (Å²) in [6.45, 7) is 7.97. The van der Waals surface area contributed by atoms with Gasteiger partial charge in [-0.3, -0.25) is 0 Å². The molecule has 2 aromatic rings. The maximum absolute atomic E-state index is 10.4. The normalized spacial score (nSPS) is 16.5. The minimum Gasteiger partial charge on any atom is -0.744 e. The molecule has 3 rings (SSSR count). The smallest absolute Gasteiger partial charge is 0.224 e. The summed E-state index contributed by atoms with van der Waals surface area (Å²) in [4.78, 5) is -0.178. The number of aryl methyl sites for hydroxylation is 2. The Morgan fingerprint density at radius 2 is 1.42 bits per heavy atom. The summed E-state index contributed by atoms with van der Waals surface area (Å²) in [5.41, 5.74) is 3.13. The number of aromatic nitrogens is 1. The Labute approximate surface area is 280 Å². The molecule has 45 heavy (non-hydrogen) atoms. The Morgan fingerprint density at radius 3 is 2.00 bits per heavy atom. The molecule has 1 saturated heterocycles. The van der Waals surface area contributed by atoms with E-state index in [1.54, 1.807) is 23.5 Å². The van der Waals surface area contributed by atoms with Crippen molar-refractivity contribution in [2.45, 2.75) is 160 Å². The quantitative estimate of drug-likeness (QED) is 0.0599. The summed E-state index contributed by atoms with van der Waals surface area (Å²) < 4.78 is 45.4. The van der Waals surface area contributed by atoms with Gasteiger partial charge in [-0.05, 0) is 50.7 Å². The molecule has 258 valence electrons. The van der Waals surface area contributed by atoms with E-state index >= 15 is 0 Å². The number of rotatable bonds is 25. The number of thiazole rings is 1. The van der Waals surface area contributed by atoms with Gasteiger partial charge in [-0.1, -0.05) is 132 Å². The first-order chi connectivity index (χ1) is 21.9. The third-order valence-corrected chi connectivity index (χ3v) is 10.2. The van der Waals surface area contributed by atoms with Crippen molar-refractivity contribution in [3.8, 4) is 0 Å². The maximum atomic E-state index is 10.4. The highest BCUT2D eigenvalue weighted by Gasteiger charge is 2.25. The monoisotopic (exact) mass is 665 g/mol. The number of hydrogen-bond acceptors (Lipinski definition) is 6. The largest absolute Gasteiger partial charge is 0.744 e. The van der Waals surface area contributed by atoms with E-state index in [2.05, 4.69) is 28.6 Å². The van der Waals surface area contributed by atoms with E-state index in [-0.39, 0.29) is 4.90 Å². The van der Waals surface area contributed by atoms with E-state index in [0.29, 0.717) is 6.10 Å². The second kappa shape index (κ2) is 25.7. The lowest BCUT2D eigenvalue weighted by molar-refractivity contribution is -0.692. The van der Waals surface area contributed by atoms with Crippen LogP contribution in [-0.2, 0) is 26.1 Å². The van der Waals surface area contributed by atoms with Gasteiger partial charge in [0.05, 0.1) is 23.0 Å². The highest BCUT2D eigenvalue weighted by molar-refractivity contribution is 7.85. The molecule has 0 radical (unpaired) electrons. The summed E-state index contributed by atoms with van der Waals surface area (Å²) in [7, 11) is -4.27. The molecular weight excluding hydrogens is 603 g/mol. The van der Waals surface area contributed by atoms with Gasteiger partial charge in [0, 0.05) is 19.6 Å². The molecule has 1 aromatic heterocycles. The van der Waals surface area contributed by atoms with Crippen LogP contribution in [0.3, 0.4) is 0 Å². The second-order valence-electron chi connectivity index (χ2n) is 13.0. The molecule has 1 aliphatic rings. The zero-order valence-corrected chi connectivity index (χ0v) is 30.1.